The Morgan fingerprint density at radius 2 is 1.80 bits per heavy atom. The lowest BCUT2D eigenvalue weighted by atomic mass is 10.2. The summed E-state index contributed by atoms with van der Waals surface area (Å²) in [4.78, 5) is 10.5. The molecule has 0 saturated carbocycles. The number of hydrogen-bond donors (Lipinski definition) is 0. The van der Waals surface area contributed by atoms with Crippen molar-refractivity contribution < 1.29 is 22.7 Å². The number of benzene rings is 1. The van der Waals surface area contributed by atoms with Crippen molar-refractivity contribution in [3.8, 4) is 11.8 Å². The highest BCUT2D eigenvalue weighted by Gasteiger charge is 2.33. The molecular formula is C10H5F3O2. The van der Waals surface area contributed by atoms with Crippen molar-refractivity contribution in [1.82, 2.24) is 0 Å². The van der Waals surface area contributed by atoms with Crippen LogP contribution in [0.15, 0.2) is 30.3 Å². The van der Waals surface area contributed by atoms with E-state index in [4.69, 9.17) is 0 Å². The predicted octanol–water partition coefficient (Wildman–Crippen LogP) is 2.10. The molecule has 78 valence electrons. The quantitative estimate of drug-likeness (QED) is 0.488. The third-order valence-corrected chi connectivity index (χ3v) is 1.29. The summed E-state index contributed by atoms with van der Waals surface area (Å²) in [5.74, 6) is 2.35. The Hall–Kier alpha value is -1.96. The second-order valence-corrected chi connectivity index (χ2v) is 2.45. The van der Waals surface area contributed by atoms with Crippen molar-refractivity contribution in [1.29, 1.82) is 0 Å². The highest BCUT2D eigenvalue weighted by Crippen LogP contribution is 2.15. The van der Waals surface area contributed by atoms with Crippen molar-refractivity contribution in [2.75, 3.05) is 0 Å². The van der Waals surface area contributed by atoms with Crippen LogP contribution < -0.4 is 0 Å². The third kappa shape index (κ3) is 4.72. The maximum absolute atomic E-state index is 11.5. The Kier molecular flexibility index (Phi) is 3.34. The van der Waals surface area contributed by atoms with Gasteiger partial charge in [0.1, 0.15) is 0 Å². The molecule has 0 N–H and O–H groups in total. The Labute approximate surface area is 83.7 Å². The first-order valence-corrected chi connectivity index (χ1v) is 3.84. The minimum Gasteiger partial charge on any atom is -0.363 e. The topological polar surface area (TPSA) is 26.3 Å². The first-order chi connectivity index (χ1) is 6.97. The van der Waals surface area contributed by atoms with E-state index in [1.54, 1.807) is 36.3 Å². The molecule has 0 atom stereocenters. The summed E-state index contributed by atoms with van der Waals surface area (Å²) in [5.41, 5.74) is 0.441. The fourth-order valence-electron chi connectivity index (χ4n) is 0.775. The van der Waals surface area contributed by atoms with Crippen molar-refractivity contribution in [3.05, 3.63) is 35.9 Å². The van der Waals surface area contributed by atoms with Crippen LogP contribution in [0, 0.1) is 11.8 Å². The zero-order chi connectivity index (χ0) is 11.3. The fourth-order valence-corrected chi connectivity index (χ4v) is 0.775. The number of carbonyl (C=O) groups excluding carboxylic acids is 1. The Morgan fingerprint density at radius 1 is 1.20 bits per heavy atom. The van der Waals surface area contributed by atoms with Crippen LogP contribution in [0.1, 0.15) is 5.56 Å². The van der Waals surface area contributed by atoms with Crippen LogP contribution in [0.25, 0.3) is 0 Å². The fraction of sp³-hybridized carbons (Fsp3) is 0.100. The van der Waals surface area contributed by atoms with E-state index in [1.165, 1.54) is 0 Å². The number of alkyl halides is 3. The van der Waals surface area contributed by atoms with Crippen LogP contribution >= 0.6 is 0 Å². The standard InChI is InChI=1S/C10H5F3O2/c11-10(12,13)15-9(14)7-6-8-4-2-1-3-5-8/h1-5H. The van der Waals surface area contributed by atoms with Crippen molar-refractivity contribution in [3.63, 3.8) is 0 Å². The minimum atomic E-state index is -4.98. The molecule has 0 aliphatic heterocycles. The van der Waals surface area contributed by atoms with E-state index in [0.717, 1.165) is 0 Å². The molecule has 15 heavy (non-hydrogen) atoms. The maximum atomic E-state index is 11.5. The van der Waals surface area contributed by atoms with Gasteiger partial charge in [-0.1, -0.05) is 24.1 Å². The largest absolute Gasteiger partial charge is 0.575 e. The zero-order valence-electron chi connectivity index (χ0n) is 7.34. The number of rotatable bonds is 0. The highest BCUT2D eigenvalue weighted by atomic mass is 19.4. The van der Waals surface area contributed by atoms with Crippen LogP contribution in [0.3, 0.4) is 0 Å². The van der Waals surface area contributed by atoms with Gasteiger partial charge in [-0.2, -0.15) is 0 Å². The molecule has 0 aliphatic rings. The van der Waals surface area contributed by atoms with Crippen LogP contribution in [0.2, 0.25) is 0 Å². The summed E-state index contributed by atoms with van der Waals surface area (Å²) in [6.45, 7) is 0. The molecule has 0 radical (unpaired) electrons. The summed E-state index contributed by atoms with van der Waals surface area (Å²) in [6, 6.07) is 8.15. The van der Waals surface area contributed by atoms with E-state index < -0.39 is 12.3 Å². The number of carbonyl (C=O) groups is 1. The number of halogens is 3. The number of esters is 1. The van der Waals surface area contributed by atoms with Gasteiger partial charge in [0.05, 0.1) is 0 Å². The van der Waals surface area contributed by atoms with Gasteiger partial charge in [0.15, 0.2) is 0 Å². The molecule has 0 unspecified atom stereocenters. The average molecular weight is 214 g/mol. The normalized spacial score (nSPS) is 10.1. The predicted molar refractivity (Wildman–Crippen MR) is 45.5 cm³/mol. The summed E-state index contributed by atoms with van der Waals surface area (Å²) >= 11 is 0. The molecule has 1 aromatic rings. The third-order valence-electron chi connectivity index (χ3n) is 1.29. The molecule has 5 heteroatoms. The zero-order valence-corrected chi connectivity index (χ0v) is 7.34. The summed E-state index contributed by atoms with van der Waals surface area (Å²) in [6.07, 6.45) is -4.98. The van der Waals surface area contributed by atoms with Gasteiger partial charge in [-0.15, -0.1) is 13.2 Å². The smallest absolute Gasteiger partial charge is 0.363 e. The van der Waals surface area contributed by atoms with Crippen LogP contribution in [0.5, 0.6) is 0 Å². The lowest BCUT2D eigenvalue weighted by Crippen LogP contribution is -2.17. The lowest BCUT2D eigenvalue weighted by Gasteiger charge is -2.01. The van der Waals surface area contributed by atoms with Crippen molar-refractivity contribution >= 4 is 5.97 Å². The van der Waals surface area contributed by atoms with Gasteiger partial charge in [-0.05, 0) is 12.1 Å². The maximum Gasteiger partial charge on any atom is 0.575 e. The Morgan fingerprint density at radius 3 is 2.33 bits per heavy atom. The van der Waals surface area contributed by atoms with Crippen molar-refractivity contribution in [2.45, 2.75) is 6.36 Å². The van der Waals surface area contributed by atoms with E-state index in [1.807, 2.05) is 0 Å². The molecule has 0 bridgehead atoms. The molecule has 1 rings (SSSR count). The van der Waals surface area contributed by atoms with Gasteiger partial charge in [-0.25, -0.2) is 4.79 Å². The molecule has 0 spiro atoms. The van der Waals surface area contributed by atoms with Gasteiger partial charge < -0.3 is 4.74 Å². The molecule has 1 aromatic carbocycles. The van der Waals surface area contributed by atoms with Crippen molar-refractivity contribution in [2.24, 2.45) is 0 Å². The van der Waals surface area contributed by atoms with Gasteiger partial charge in [0.25, 0.3) is 0 Å². The van der Waals surface area contributed by atoms with Gasteiger partial charge in [0, 0.05) is 11.5 Å². The first kappa shape index (κ1) is 11.1. The SMILES string of the molecule is O=C(C#Cc1ccccc1)OC(F)(F)F. The molecule has 0 fully saturated rings. The molecular weight excluding hydrogens is 209 g/mol. The first-order valence-electron chi connectivity index (χ1n) is 3.84. The van der Waals surface area contributed by atoms with E-state index in [2.05, 4.69) is 10.7 Å². The van der Waals surface area contributed by atoms with Crippen LogP contribution in [0.4, 0.5) is 13.2 Å². The second kappa shape index (κ2) is 4.51. The van der Waals surface area contributed by atoms with E-state index in [-0.39, 0.29) is 0 Å². The molecule has 0 heterocycles. The second-order valence-electron chi connectivity index (χ2n) is 2.45. The van der Waals surface area contributed by atoms with Gasteiger partial charge in [0.2, 0.25) is 0 Å². The summed E-state index contributed by atoms with van der Waals surface area (Å²) in [5, 5.41) is 0. The van der Waals surface area contributed by atoms with Crippen LogP contribution in [-0.2, 0) is 9.53 Å². The number of hydrogen-bond acceptors (Lipinski definition) is 2. The number of ether oxygens (including phenoxy) is 1. The minimum absolute atomic E-state index is 0.441. The molecule has 2 nitrogen and oxygen atoms in total. The molecule has 0 aliphatic carbocycles. The monoisotopic (exact) mass is 214 g/mol. The summed E-state index contributed by atoms with van der Waals surface area (Å²) < 4.78 is 37.6. The van der Waals surface area contributed by atoms with E-state index in [0.29, 0.717) is 5.56 Å². The average Bonchev–Trinajstić information content (AvgIpc) is 2.14. The summed E-state index contributed by atoms with van der Waals surface area (Å²) in [7, 11) is 0. The molecule has 0 amide bonds. The Balaban J connectivity index is 2.64. The highest BCUT2D eigenvalue weighted by molar-refractivity contribution is 5.89. The van der Waals surface area contributed by atoms with Crippen LogP contribution in [-0.4, -0.2) is 12.3 Å². The van der Waals surface area contributed by atoms with E-state index in [9.17, 15) is 18.0 Å². The Bertz CT molecular complexity index is 398. The molecule has 0 aromatic heterocycles. The van der Waals surface area contributed by atoms with Gasteiger partial charge >= 0.3 is 12.3 Å². The van der Waals surface area contributed by atoms with E-state index >= 15 is 0 Å². The molecule has 0 saturated heterocycles. The van der Waals surface area contributed by atoms with Gasteiger partial charge in [-0.3, -0.25) is 0 Å². The lowest BCUT2D eigenvalue weighted by molar-refractivity contribution is -0.302.